The predicted molar refractivity (Wildman–Crippen MR) is 110 cm³/mol. The van der Waals surface area contributed by atoms with Crippen molar-refractivity contribution in [2.24, 2.45) is 0 Å². The van der Waals surface area contributed by atoms with E-state index in [0.717, 1.165) is 18.0 Å². The van der Waals surface area contributed by atoms with Gasteiger partial charge in [-0.3, -0.25) is 14.5 Å². The zero-order valence-corrected chi connectivity index (χ0v) is 16.5. The van der Waals surface area contributed by atoms with Crippen LogP contribution in [0.25, 0.3) is 0 Å². The molecule has 1 aliphatic heterocycles. The molecule has 2 aromatic rings. The van der Waals surface area contributed by atoms with Crippen molar-refractivity contribution >= 4 is 29.3 Å². The molecule has 0 bridgehead atoms. The van der Waals surface area contributed by atoms with E-state index in [-0.39, 0.29) is 17.9 Å². The Hall–Kier alpha value is -2.31. The Morgan fingerprint density at radius 1 is 1.19 bits per heavy atom. The van der Waals surface area contributed by atoms with Gasteiger partial charge >= 0.3 is 0 Å². The smallest absolute Gasteiger partial charge is 0.251 e. The van der Waals surface area contributed by atoms with Crippen LogP contribution in [0.15, 0.2) is 53.4 Å². The molecular weight excluding hydrogens is 358 g/mol. The Kier molecular flexibility index (Phi) is 6.53. The lowest BCUT2D eigenvalue weighted by molar-refractivity contribution is -0.113. The van der Waals surface area contributed by atoms with E-state index in [0.29, 0.717) is 23.5 Å². The van der Waals surface area contributed by atoms with Crippen LogP contribution in [0.1, 0.15) is 35.8 Å². The van der Waals surface area contributed by atoms with Crippen LogP contribution in [-0.4, -0.2) is 42.1 Å². The first kappa shape index (κ1) is 19.5. The summed E-state index contributed by atoms with van der Waals surface area (Å²) >= 11 is 1.49. The molecule has 0 radical (unpaired) electrons. The molecule has 1 unspecified atom stereocenters. The van der Waals surface area contributed by atoms with Crippen molar-refractivity contribution in [2.45, 2.75) is 24.8 Å². The molecule has 2 N–H and O–H groups in total. The molecular formula is C21H25N3O2S. The Morgan fingerprint density at radius 3 is 2.63 bits per heavy atom. The molecule has 142 valence electrons. The second kappa shape index (κ2) is 9.06. The molecule has 3 rings (SSSR count). The summed E-state index contributed by atoms with van der Waals surface area (Å²) in [4.78, 5) is 27.6. The Bertz CT molecular complexity index is 806. The molecule has 1 aliphatic rings. The zero-order valence-electron chi connectivity index (χ0n) is 15.7. The monoisotopic (exact) mass is 383 g/mol. The average molecular weight is 384 g/mol. The summed E-state index contributed by atoms with van der Waals surface area (Å²) < 4.78 is 0. The molecule has 0 aromatic heterocycles. The lowest BCUT2D eigenvalue weighted by atomic mass is 10.0. The summed E-state index contributed by atoms with van der Waals surface area (Å²) in [6.45, 7) is 6.61. The molecule has 1 atom stereocenters. The normalized spacial score (nSPS) is 14.4. The summed E-state index contributed by atoms with van der Waals surface area (Å²) in [7, 11) is 0. The third-order valence-electron chi connectivity index (χ3n) is 4.77. The third-order valence-corrected chi connectivity index (χ3v) is 5.84. The van der Waals surface area contributed by atoms with Crippen LogP contribution < -0.4 is 10.6 Å². The van der Waals surface area contributed by atoms with Gasteiger partial charge in [0.1, 0.15) is 0 Å². The number of carbonyl (C=O) groups is 2. The van der Waals surface area contributed by atoms with Crippen molar-refractivity contribution in [1.82, 2.24) is 10.2 Å². The quantitative estimate of drug-likeness (QED) is 0.768. The van der Waals surface area contributed by atoms with Gasteiger partial charge in [-0.15, -0.1) is 11.8 Å². The summed E-state index contributed by atoms with van der Waals surface area (Å²) in [5, 5.41) is 5.90. The maximum atomic E-state index is 12.7. The van der Waals surface area contributed by atoms with Gasteiger partial charge in [0.25, 0.3) is 5.91 Å². The van der Waals surface area contributed by atoms with E-state index in [2.05, 4.69) is 41.5 Å². The highest BCUT2D eigenvalue weighted by Gasteiger charge is 2.20. The first-order valence-electron chi connectivity index (χ1n) is 9.26. The van der Waals surface area contributed by atoms with Gasteiger partial charge in [-0.1, -0.05) is 44.2 Å². The van der Waals surface area contributed by atoms with Crippen LogP contribution in [0.4, 0.5) is 5.69 Å². The molecule has 0 fully saturated rings. The van der Waals surface area contributed by atoms with Crippen molar-refractivity contribution in [2.75, 3.05) is 30.7 Å². The number of anilines is 1. The van der Waals surface area contributed by atoms with Gasteiger partial charge in [-0.2, -0.15) is 0 Å². The number of hydrogen-bond donors (Lipinski definition) is 2. The maximum Gasteiger partial charge on any atom is 0.251 e. The summed E-state index contributed by atoms with van der Waals surface area (Å²) in [6, 6.07) is 15.8. The van der Waals surface area contributed by atoms with Gasteiger partial charge < -0.3 is 10.6 Å². The van der Waals surface area contributed by atoms with Crippen LogP contribution >= 0.6 is 11.8 Å². The van der Waals surface area contributed by atoms with Gasteiger partial charge in [-0.25, -0.2) is 0 Å². The van der Waals surface area contributed by atoms with E-state index in [1.165, 1.54) is 17.3 Å². The fourth-order valence-corrected chi connectivity index (χ4v) is 4.10. The zero-order chi connectivity index (χ0) is 19.2. The summed E-state index contributed by atoms with van der Waals surface area (Å²) in [5.41, 5.74) is 2.46. The number of nitrogens with one attached hydrogen (secondary N) is 2. The second-order valence-electron chi connectivity index (χ2n) is 6.41. The van der Waals surface area contributed by atoms with Crippen LogP contribution in [0, 0.1) is 0 Å². The number of hydrogen-bond acceptors (Lipinski definition) is 4. The molecule has 0 saturated carbocycles. The van der Waals surface area contributed by atoms with Crippen molar-refractivity contribution < 1.29 is 9.59 Å². The Labute approximate surface area is 164 Å². The van der Waals surface area contributed by atoms with E-state index in [1.807, 2.05) is 30.3 Å². The summed E-state index contributed by atoms with van der Waals surface area (Å²) in [5.74, 6) is 0.257. The van der Waals surface area contributed by atoms with E-state index in [9.17, 15) is 9.59 Å². The van der Waals surface area contributed by atoms with E-state index < -0.39 is 0 Å². The predicted octanol–water partition coefficient (Wildman–Crippen LogP) is 3.54. The number of thioether (sulfide) groups is 1. The van der Waals surface area contributed by atoms with Gasteiger partial charge in [0.05, 0.1) is 17.5 Å². The number of nitrogens with zero attached hydrogens (tertiary/aromatic N) is 1. The molecule has 0 spiro atoms. The highest BCUT2D eigenvalue weighted by molar-refractivity contribution is 8.00. The minimum Gasteiger partial charge on any atom is -0.350 e. The lowest BCUT2D eigenvalue weighted by Crippen LogP contribution is -2.38. The van der Waals surface area contributed by atoms with Gasteiger partial charge in [0.15, 0.2) is 0 Å². The van der Waals surface area contributed by atoms with Crippen molar-refractivity contribution in [3.63, 3.8) is 0 Å². The molecule has 1 heterocycles. The highest BCUT2D eigenvalue weighted by atomic mass is 32.2. The van der Waals surface area contributed by atoms with E-state index in [1.54, 1.807) is 6.07 Å². The number of likely N-dealkylation sites (N-methyl/N-ethyl adjacent to an activating group) is 1. The van der Waals surface area contributed by atoms with E-state index in [4.69, 9.17) is 0 Å². The Morgan fingerprint density at radius 2 is 1.93 bits per heavy atom. The molecule has 2 aromatic carbocycles. The molecule has 27 heavy (non-hydrogen) atoms. The molecule has 5 nitrogen and oxygen atoms in total. The van der Waals surface area contributed by atoms with Crippen LogP contribution in [0.3, 0.4) is 0 Å². The number of benzene rings is 2. The van der Waals surface area contributed by atoms with Crippen molar-refractivity contribution in [3.05, 3.63) is 59.7 Å². The van der Waals surface area contributed by atoms with Gasteiger partial charge in [0.2, 0.25) is 5.91 Å². The standard InChI is InChI=1S/C21H25N3O2S/c1-3-24(4-2)18(15-8-6-5-7-9-15)13-22-21(26)16-10-11-19-17(12-16)23-20(25)14-27-19/h5-12,18H,3-4,13-14H2,1-2H3,(H,22,26)(H,23,25). The fourth-order valence-electron chi connectivity index (χ4n) is 3.31. The fraction of sp³-hybridized carbons (Fsp3) is 0.333. The van der Waals surface area contributed by atoms with E-state index >= 15 is 0 Å². The number of fused-ring (bicyclic) bond motifs is 1. The SMILES string of the molecule is CCN(CC)C(CNC(=O)c1ccc2c(c1)NC(=O)CS2)c1ccccc1. The molecule has 0 aliphatic carbocycles. The number of amides is 2. The van der Waals surface area contributed by atoms with Crippen LogP contribution in [-0.2, 0) is 4.79 Å². The third kappa shape index (κ3) is 4.70. The van der Waals surface area contributed by atoms with Crippen LogP contribution in [0.2, 0.25) is 0 Å². The lowest BCUT2D eigenvalue weighted by Gasteiger charge is -2.30. The van der Waals surface area contributed by atoms with Crippen molar-refractivity contribution in [1.29, 1.82) is 0 Å². The minimum absolute atomic E-state index is 0.0317. The minimum atomic E-state index is -0.129. The maximum absolute atomic E-state index is 12.7. The number of carbonyl (C=O) groups excluding carboxylic acids is 2. The number of rotatable bonds is 7. The molecule has 2 amide bonds. The topological polar surface area (TPSA) is 61.4 Å². The molecule has 6 heteroatoms. The summed E-state index contributed by atoms with van der Waals surface area (Å²) in [6.07, 6.45) is 0. The largest absolute Gasteiger partial charge is 0.350 e. The van der Waals surface area contributed by atoms with Gasteiger partial charge in [0, 0.05) is 17.0 Å². The Balaban J connectivity index is 1.72. The second-order valence-corrected chi connectivity index (χ2v) is 7.42. The first-order chi connectivity index (χ1) is 13.1. The first-order valence-corrected chi connectivity index (χ1v) is 10.2. The van der Waals surface area contributed by atoms with Crippen LogP contribution in [0.5, 0.6) is 0 Å². The molecule has 0 saturated heterocycles. The van der Waals surface area contributed by atoms with Gasteiger partial charge in [-0.05, 0) is 36.9 Å². The average Bonchev–Trinajstić information content (AvgIpc) is 2.71. The van der Waals surface area contributed by atoms with Crippen molar-refractivity contribution in [3.8, 4) is 0 Å². The highest BCUT2D eigenvalue weighted by Crippen LogP contribution is 2.32.